The molecule has 0 bridgehead atoms. The summed E-state index contributed by atoms with van der Waals surface area (Å²) in [5.41, 5.74) is 1.79. The van der Waals surface area contributed by atoms with Crippen LogP contribution in [0.2, 0.25) is 0 Å². The average molecular weight is 353 g/mol. The van der Waals surface area contributed by atoms with E-state index in [1.807, 2.05) is 24.3 Å². The molecule has 0 N–H and O–H groups in total. The summed E-state index contributed by atoms with van der Waals surface area (Å²) in [5, 5.41) is 14.7. The number of hydrogen-bond acceptors (Lipinski definition) is 6. The summed E-state index contributed by atoms with van der Waals surface area (Å²) in [7, 11) is 0. The second-order valence-electron chi connectivity index (χ2n) is 6.88. The number of non-ortho nitro benzene ring substituents is 1. The fourth-order valence-electron chi connectivity index (χ4n) is 2.39. The topological polar surface area (TPSA) is 91.3 Å². The van der Waals surface area contributed by atoms with Crippen molar-refractivity contribution in [3.05, 3.63) is 70.1 Å². The average Bonchev–Trinajstić information content (AvgIpc) is 3.09. The summed E-state index contributed by atoms with van der Waals surface area (Å²) < 4.78 is 10.8. The first kappa shape index (κ1) is 17.6. The molecular weight excluding hydrogens is 334 g/mol. The molecule has 1 aromatic heterocycles. The molecule has 0 saturated carbocycles. The van der Waals surface area contributed by atoms with E-state index in [2.05, 4.69) is 30.9 Å². The molecule has 0 aliphatic rings. The van der Waals surface area contributed by atoms with Crippen molar-refractivity contribution in [1.29, 1.82) is 0 Å². The standard InChI is InChI=1S/C19H19N3O4/c1-19(2,3)14-7-9-16(10-8-14)25-12-17-20-18(21-26-17)13-5-4-6-15(11-13)22(23)24/h4-11H,12H2,1-3H3. The minimum absolute atomic E-state index is 0.0240. The lowest BCUT2D eigenvalue weighted by molar-refractivity contribution is -0.384. The molecule has 134 valence electrons. The van der Waals surface area contributed by atoms with Crippen LogP contribution in [-0.4, -0.2) is 15.1 Å². The molecule has 0 atom stereocenters. The molecule has 7 heteroatoms. The van der Waals surface area contributed by atoms with E-state index in [0.29, 0.717) is 17.2 Å². The zero-order valence-corrected chi connectivity index (χ0v) is 14.8. The Labute approximate surface area is 150 Å². The van der Waals surface area contributed by atoms with E-state index in [4.69, 9.17) is 9.26 Å². The number of benzene rings is 2. The minimum Gasteiger partial charge on any atom is -0.484 e. The van der Waals surface area contributed by atoms with Gasteiger partial charge in [0, 0.05) is 17.7 Å². The normalized spacial score (nSPS) is 11.3. The van der Waals surface area contributed by atoms with Gasteiger partial charge in [0.25, 0.3) is 11.6 Å². The van der Waals surface area contributed by atoms with E-state index in [1.165, 1.54) is 17.7 Å². The van der Waals surface area contributed by atoms with Gasteiger partial charge in [-0.05, 0) is 23.1 Å². The molecule has 0 radical (unpaired) electrons. The Balaban J connectivity index is 1.67. The van der Waals surface area contributed by atoms with Gasteiger partial charge in [-0.3, -0.25) is 10.1 Å². The first-order valence-electron chi connectivity index (χ1n) is 8.14. The van der Waals surface area contributed by atoms with E-state index in [9.17, 15) is 10.1 Å². The largest absolute Gasteiger partial charge is 0.484 e. The summed E-state index contributed by atoms with van der Waals surface area (Å²) in [5.74, 6) is 1.29. The Hall–Kier alpha value is -3.22. The number of nitro groups is 1. The molecule has 0 amide bonds. The molecule has 1 heterocycles. The van der Waals surface area contributed by atoms with E-state index < -0.39 is 4.92 Å². The maximum absolute atomic E-state index is 10.9. The highest BCUT2D eigenvalue weighted by Gasteiger charge is 2.14. The molecule has 0 aliphatic carbocycles. The van der Waals surface area contributed by atoms with Crippen molar-refractivity contribution in [3.63, 3.8) is 0 Å². The molecule has 0 fully saturated rings. The van der Waals surface area contributed by atoms with Gasteiger partial charge in [-0.1, -0.05) is 50.2 Å². The summed E-state index contributed by atoms with van der Waals surface area (Å²) in [6, 6.07) is 13.9. The van der Waals surface area contributed by atoms with Crippen LogP contribution in [0.1, 0.15) is 32.2 Å². The van der Waals surface area contributed by atoms with Crippen molar-refractivity contribution in [2.24, 2.45) is 0 Å². The highest BCUT2D eigenvalue weighted by molar-refractivity contribution is 5.58. The van der Waals surface area contributed by atoms with Crippen LogP contribution in [0.3, 0.4) is 0 Å². The molecular formula is C19H19N3O4. The summed E-state index contributed by atoms with van der Waals surface area (Å²) in [6.45, 7) is 6.57. The fourth-order valence-corrected chi connectivity index (χ4v) is 2.39. The van der Waals surface area contributed by atoms with Gasteiger partial charge in [0.05, 0.1) is 4.92 Å². The van der Waals surface area contributed by atoms with Gasteiger partial charge in [-0.15, -0.1) is 0 Å². The molecule has 2 aromatic carbocycles. The third-order valence-electron chi connectivity index (χ3n) is 3.87. The van der Waals surface area contributed by atoms with Crippen LogP contribution in [0.15, 0.2) is 53.1 Å². The molecule has 0 saturated heterocycles. The van der Waals surface area contributed by atoms with Gasteiger partial charge in [-0.2, -0.15) is 4.98 Å². The zero-order chi connectivity index (χ0) is 18.7. The van der Waals surface area contributed by atoms with Crippen LogP contribution in [0, 0.1) is 10.1 Å². The van der Waals surface area contributed by atoms with Gasteiger partial charge < -0.3 is 9.26 Å². The Bertz CT molecular complexity index is 911. The number of ether oxygens (including phenoxy) is 1. The molecule has 3 rings (SSSR count). The van der Waals surface area contributed by atoms with Crippen molar-refractivity contribution in [2.45, 2.75) is 32.8 Å². The predicted octanol–water partition coefficient (Wildman–Crippen LogP) is 4.52. The Morgan fingerprint density at radius 2 is 1.88 bits per heavy atom. The maximum Gasteiger partial charge on any atom is 0.270 e. The monoisotopic (exact) mass is 353 g/mol. The van der Waals surface area contributed by atoms with Crippen LogP contribution < -0.4 is 4.74 Å². The van der Waals surface area contributed by atoms with Crippen LogP contribution in [0.5, 0.6) is 5.75 Å². The van der Waals surface area contributed by atoms with Crippen LogP contribution in [0.4, 0.5) is 5.69 Å². The van der Waals surface area contributed by atoms with Crippen LogP contribution in [-0.2, 0) is 12.0 Å². The SMILES string of the molecule is CC(C)(C)c1ccc(OCc2nc(-c3cccc([N+](=O)[O-])c3)no2)cc1. The van der Waals surface area contributed by atoms with Crippen molar-refractivity contribution in [2.75, 3.05) is 0 Å². The van der Waals surface area contributed by atoms with Crippen molar-refractivity contribution in [1.82, 2.24) is 10.1 Å². The third kappa shape index (κ3) is 4.05. The summed E-state index contributed by atoms with van der Waals surface area (Å²) in [6.07, 6.45) is 0. The number of nitro benzene ring substituents is 1. The van der Waals surface area contributed by atoms with Crippen molar-refractivity contribution in [3.8, 4) is 17.1 Å². The van der Waals surface area contributed by atoms with E-state index >= 15 is 0 Å². The quantitative estimate of drug-likeness (QED) is 0.494. The highest BCUT2D eigenvalue weighted by atomic mass is 16.6. The molecule has 0 unspecified atom stereocenters. The Morgan fingerprint density at radius 3 is 2.54 bits per heavy atom. The fraction of sp³-hybridized carbons (Fsp3) is 0.263. The lowest BCUT2D eigenvalue weighted by Crippen LogP contribution is -2.10. The Morgan fingerprint density at radius 1 is 1.15 bits per heavy atom. The summed E-state index contributed by atoms with van der Waals surface area (Å²) >= 11 is 0. The second kappa shape index (κ2) is 6.95. The van der Waals surface area contributed by atoms with Gasteiger partial charge in [-0.25, -0.2) is 0 Å². The van der Waals surface area contributed by atoms with E-state index in [0.717, 1.165) is 0 Å². The lowest BCUT2D eigenvalue weighted by Gasteiger charge is -2.19. The van der Waals surface area contributed by atoms with Crippen LogP contribution in [0.25, 0.3) is 11.4 Å². The lowest BCUT2D eigenvalue weighted by atomic mass is 9.87. The van der Waals surface area contributed by atoms with Gasteiger partial charge in [0.1, 0.15) is 5.75 Å². The van der Waals surface area contributed by atoms with Gasteiger partial charge in [0.2, 0.25) is 5.82 Å². The van der Waals surface area contributed by atoms with Crippen molar-refractivity contribution >= 4 is 5.69 Å². The smallest absolute Gasteiger partial charge is 0.270 e. The van der Waals surface area contributed by atoms with E-state index in [1.54, 1.807) is 12.1 Å². The van der Waals surface area contributed by atoms with Crippen LogP contribution >= 0.6 is 0 Å². The minimum atomic E-state index is -0.463. The number of rotatable bonds is 5. The first-order valence-corrected chi connectivity index (χ1v) is 8.14. The highest BCUT2D eigenvalue weighted by Crippen LogP contribution is 2.25. The molecule has 26 heavy (non-hydrogen) atoms. The summed E-state index contributed by atoms with van der Waals surface area (Å²) in [4.78, 5) is 14.6. The third-order valence-corrected chi connectivity index (χ3v) is 3.87. The molecule has 7 nitrogen and oxygen atoms in total. The number of nitrogens with zero attached hydrogens (tertiary/aromatic N) is 3. The number of aromatic nitrogens is 2. The van der Waals surface area contributed by atoms with Gasteiger partial charge >= 0.3 is 0 Å². The van der Waals surface area contributed by atoms with E-state index in [-0.39, 0.29) is 23.5 Å². The zero-order valence-electron chi connectivity index (χ0n) is 14.8. The molecule has 0 aliphatic heterocycles. The maximum atomic E-state index is 10.9. The van der Waals surface area contributed by atoms with Crippen molar-refractivity contribution < 1.29 is 14.2 Å². The molecule has 0 spiro atoms. The molecule has 3 aromatic rings. The Kier molecular flexibility index (Phi) is 4.71. The second-order valence-corrected chi connectivity index (χ2v) is 6.88. The number of hydrogen-bond donors (Lipinski definition) is 0. The predicted molar refractivity (Wildman–Crippen MR) is 95.9 cm³/mol. The first-order chi connectivity index (χ1) is 12.3. The van der Waals surface area contributed by atoms with Gasteiger partial charge in [0.15, 0.2) is 6.61 Å².